The van der Waals surface area contributed by atoms with Crippen molar-refractivity contribution in [2.24, 2.45) is 0 Å². The number of hydrogen-bond acceptors (Lipinski definition) is 5. The van der Waals surface area contributed by atoms with Crippen molar-refractivity contribution in [1.29, 1.82) is 0 Å². The number of anilines is 1. The molecule has 7 nitrogen and oxygen atoms in total. The van der Waals surface area contributed by atoms with Gasteiger partial charge >= 0.3 is 0 Å². The van der Waals surface area contributed by atoms with Gasteiger partial charge in [0.1, 0.15) is 17.2 Å². The number of fused-ring (bicyclic) bond motifs is 1. The highest BCUT2D eigenvalue weighted by atomic mass is 32.2. The summed E-state index contributed by atoms with van der Waals surface area (Å²) >= 11 is 0. The van der Waals surface area contributed by atoms with Crippen LogP contribution in [-0.2, 0) is 27.6 Å². The number of pyridine rings is 1. The number of methoxy groups -OCH3 is 1. The molecule has 0 saturated heterocycles. The van der Waals surface area contributed by atoms with E-state index in [9.17, 15) is 18.0 Å². The van der Waals surface area contributed by atoms with Crippen LogP contribution in [0.25, 0.3) is 10.9 Å². The number of sulfone groups is 1. The fraction of sp³-hybridized carbons (Fsp3) is 0.185. The summed E-state index contributed by atoms with van der Waals surface area (Å²) in [6, 6.07) is 18.5. The van der Waals surface area contributed by atoms with E-state index in [1.54, 1.807) is 55.6 Å². The zero-order chi connectivity index (χ0) is 25.2. The van der Waals surface area contributed by atoms with Gasteiger partial charge in [-0.2, -0.15) is 0 Å². The van der Waals surface area contributed by atoms with Gasteiger partial charge in [-0.15, -0.1) is 0 Å². The third kappa shape index (κ3) is 4.97. The molecule has 0 spiro atoms. The average Bonchev–Trinajstić information content (AvgIpc) is 2.86. The molecule has 0 radical (unpaired) electrons. The summed E-state index contributed by atoms with van der Waals surface area (Å²) in [5.74, 6) is 0.297. The first-order valence-corrected chi connectivity index (χ1v) is 12.6. The molecule has 1 N–H and O–H groups in total. The number of ether oxygens (including phenoxy) is 1. The number of amides is 1. The Morgan fingerprint density at radius 2 is 1.69 bits per heavy atom. The lowest BCUT2D eigenvalue weighted by molar-refractivity contribution is -0.116. The van der Waals surface area contributed by atoms with E-state index in [-0.39, 0.29) is 27.6 Å². The van der Waals surface area contributed by atoms with Gasteiger partial charge in [-0.25, -0.2) is 8.42 Å². The molecule has 0 aliphatic rings. The maximum absolute atomic E-state index is 13.4. The molecule has 35 heavy (non-hydrogen) atoms. The zero-order valence-electron chi connectivity index (χ0n) is 19.7. The van der Waals surface area contributed by atoms with E-state index in [4.69, 9.17) is 4.74 Å². The number of benzene rings is 3. The van der Waals surface area contributed by atoms with E-state index in [0.29, 0.717) is 23.4 Å². The van der Waals surface area contributed by atoms with Gasteiger partial charge in [0.15, 0.2) is 0 Å². The Hall–Kier alpha value is -3.91. The molecule has 1 amide bonds. The Morgan fingerprint density at radius 1 is 1.00 bits per heavy atom. The smallest absolute Gasteiger partial charge is 0.244 e. The molecule has 0 fully saturated rings. The van der Waals surface area contributed by atoms with Gasteiger partial charge in [-0.1, -0.05) is 30.7 Å². The molecular weight excluding hydrogens is 464 g/mol. The van der Waals surface area contributed by atoms with Gasteiger partial charge in [0.25, 0.3) is 0 Å². The number of hydrogen-bond donors (Lipinski definition) is 1. The first kappa shape index (κ1) is 24.2. The maximum atomic E-state index is 13.4. The second-order valence-electron chi connectivity index (χ2n) is 8.25. The van der Waals surface area contributed by atoms with Crippen LogP contribution in [0.15, 0.2) is 87.5 Å². The molecule has 0 saturated carbocycles. The van der Waals surface area contributed by atoms with Gasteiger partial charge in [-0.3, -0.25) is 9.59 Å². The summed E-state index contributed by atoms with van der Waals surface area (Å²) in [6.45, 7) is 3.63. The molecule has 0 atom stereocenters. The van der Waals surface area contributed by atoms with Crippen molar-refractivity contribution >= 4 is 32.3 Å². The Morgan fingerprint density at radius 3 is 2.31 bits per heavy atom. The van der Waals surface area contributed by atoms with Crippen molar-refractivity contribution in [3.63, 3.8) is 0 Å². The van der Waals surface area contributed by atoms with Crippen LogP contribution in [0.1, 0.15) is 18.1 Å². The van der Waals surface area contributed by atoms with Gasteiger partial charge < -0.3 is 14.6 Å². The summed E-state index contributed by atoms with van der Waals surface area (Å²) in [6.07, 6.45) is 1.95. The lowest BCUT2D eigenvalue weighted by Gasteiger charge is -2.15. The normalized spacial score (nSPS) is 11.4. The fourth-order valence-electron chi connectivity index (χ4n) is 3.83. The lowest BCUT2D eigenvalue weighted by atomic mass is 10.1. The van der Waals surface area contributed by atoms with Gasteiger partial charge in [0.05, 0.1) is 17.5 Å². The van der Waals surface area contributed by atoms with Gasteiger partial charge in [0.2, 0.25) is 21.2 Å². The maximum Gasteiger partial charge on any atom is 0.244 e. The average molecular weight is 491 g/mol. The predicted molar refractivity (Wildman–Crippen MR) is 136 cm³/mol. The first-order valence-electron chi connectivity index (χ1n) is 11.1. The van der Waals surface area contributed by atoms with Crippen molar-refractivity contribution in [1.82, 2.24) is 4.57 Å². The van der Waals surface area contributed by atoms with E-state index >= 15 is 0 Å². The van der Waals surface area contributed by atoms with E-state index < -0.39 is 15.3 Å². The largest absolute Gasteiger partial charge is 0.497 e. The molecule has 180 valence electrons. The molecule has 0 unspecified atom stereocenters. The van der Waals surface area contributed by atoms with Crippen LogP contribution < -0.4 is 15.5 Å². The highest BCUT2D eigenvalue weighted by Gasteiger charge is 2.24. The molecule has 3 aromatic carbocycles. The number of nitrogens with zero attached hydrogens (tertiary/aromatic N) is 1. The molecule has 1 aromatic heterocycles. The minimum absolute atomic E-state index is 0.0282. The second-order valence-corrected chi connectivity index (χ2v) is 10.2. The lowest BCUT2D eigenvalue weighted by Crippen LogP contribution is -2.24. The third-order valence-corrected chi connectivity index (χ3v) is 7.59. The Kier molecular flexibility index (Phi) is 6.75. The molecule has 4 rings (SSSR count). The molecule has 0 bridgehead atoms. The van der Waals surface area contributed by atoms with E-state index in [1.807, 2.05) is 19.9 Å². The monoisotopic (exact) mass is 490 g/mol. The number of carbonyl (C=O) groups excluding carboxylic acids is 1. The molecule has 4 aromatic rings. The minimum Gasteiger partial charge on any atom is -0.497 e. The number of rotatable bonds is 7. The summed E-state index contributed by atoms with van der Waals surface area (Å²) in [4.78, 5) is 25.9. The van der Waals surface area contributed by atoms with Gasteiger partial charge in [-0.05, 0) is 67.4 Å². The van der Waals surface area contributed by atoms with Crippen LogP contribution in [0.5, 0.6) is 5.75 Å². The minimum atomic E-state index is -4.10. The van der Waals surface area contributed by atoms with Crippen LogP contribution in [-0.4, -0.2) is 26.0 Å². The molecule has 0 aliphatic carbocycles. The van der Waals surface area contributed by atoms with E-state index in [0.717, 1.165) is 11.1 Å². The molecular formula is C27H26N2O5S. The quantitative estimate of drug-likeness (QED) is 0.416. The highest BCUT2D eigenvalue weighted by Crippen LogP contribution is 2.23. The van der Waals surface area contributed by atoms with Crippen molar-refractivity contribution in [3.05, 3.63) is 94.3 Å². The number of aryl methyl sites for hydroxylation is 2. The van der Waals surface area contributed by atoms with Crippen molar-refractivity contribution < 1.29 is 17.9 Å². The number of aromatic nitrogens is 1. The molecule has 1 heterocycles. The standard InChI is InChI=1S/C27H26N2O5S/c1-4-19-7-14-24-23(15-19)27(31)25(35(32,33)22-12-5-18(2)6-13-22)16-29(24)17-26(30)28-20-8-10-21(34-3)11-9-20/h5-16H,4,17H2,1-3H3,(H,28,30). The van der Waals surface area contributed by atoms with Gasteiger partial charge in [0, 0.05) is 17.3 Å². The van der Waals surface area contributed by atoms with Crippen LogP contribution in [0.3, 0.4) is 0 Å². The Bertz CT molecular complexity index is 1550. The number of carbonyl (C=O) groups is 1. The zero-order valence-corrected chi connectivity index (χ0v) is 20.6. The summed E-state index contributed by atoms with van der Waals surface area (Å²) < 4.78 is 33.5. The van der Waals surface area contributed by atoms with E-state index in [1.165, 1.54) is 22.9 Å². The van der Waals surface area contributed by atoms with Crippen molar-refractivity contribution in [3.8, 4) is 5.75 Å². The van der Waals surface area contributed by atoms with Crippen LogP contribution in [0.4, 0.5) is 5.69 Å². The first-order chi connectivity index (χ1) is 16.7. The van der Waals surface area contributed by atoms with Crippen LogP contribution in [0.2, 0.25) is 0 Å². The van der Waals surface area contributed by atoms with E-state index in [2.05, 4.69) is 5.32 Å². The van der Waals surface area contributed by atoms with Crippen LogP contribution in [0, 0.1) is 6.92 Å². The van der Waals surface area contributed by atoms with Crippen LogP contribution >= 0.6 is 0 Å². The summed E-state index contributed by atoms with van der Waals surface area (Å²) in [7, 11) is -2.54. The fourth-order valence-corrected chi connectivity index (χ4v) is 5.20. The summed E-state index contributed by atoms with van der Waals surface area (Å²) in [5.41, 5.74) is 2.28. The number of nitrogens with one attached hydrogen (secondary N) is 1. The van der Waals surface area contributed by atoms with Crippen molar-refractivity contribution in [2.75, 3.05) is 12.4 Å². The molecule has 8 heteroatoms. The van der Waals surface area contributed by atoms with Crippen molar-refractivity contribution in [2.45, 2.75) is 36.6 Å². The third-order valence-electron chi connectivity index (χ3n) is 5.83. The second kappa shape index (κ2) is 9.76. The summed E-state index contributed by atoms with van der Waals surface area (Å²) in [5, 5.41) is 3.06. The predicted octanol–water partition coefficient (Wildman–Crippen LogP) is 4.35. The Balaban J connectivity index is 1.80. The highest BCUT2D eigenvalue weighted by molar-refractivity contribution is 7.91. The SMILES string of the molecule is CCc1ccc2c(c1)c(=O)c(S(=O)(=O)c1ccc(C)cc1)cn2CC(=O)Nc1ccc(OC)cc1. The topological polar surface area (TPSA) is 94.5 Å². The Labute approximate surface area is 203 Å². The molecule has 0 aliphatic heterocycles.